The summed E-state index contributed by atoms with van der Waals surface area (Å²) in [6, 6.07) is 0. The molecular formula is C8H16O2S2. The van der Waals surface area contributed by atoms with Crippen molar-refractivity contribution in [1.29, 1.82) is 0 Å². The van der Waals surface area contributed by atoms with Gasteiger partial charge in [0.2, 0.25) is 0 Å². The van der Waals surface area contributed by atoms with E-state index in [9.17, 15) is 4.79 Å². The van der Waals surface area contributed by atoms with Gasteiger partial charge in [0.1, 0.15) is 0 Å². The average molecular weight is 208 g/mol. The molecule has 0 spiro atoms. The topological polar surface area (TPSA) is 37.3 Å². The van der Waals surface area contributed by atoms with E-state index in [0.29, 0.717) is 5.75 Å². The highest BCUT2D eigenvalue weighted by atomic mass is 33.1. The molecule has 0 fully saturated rings. The second-order valence-corrected chi connectivity index (χ2v) is 6.89. The van der Waals surface area contributed by atoms with Crippen LogP contribution in [0.2, 0.25) is 0 Å². The first-order valence-corrected chi connectivity index (χ1v) is 6.18. The van der Waals surface area contributed by atoms with Crippen molar-refractivity contribution in [3.8, 4) is 0 Å². The van der Waals surface area contributed by atoms with E-state index in [-0.39, 0.29) is 10.7 Å². The molecule has 2 nitrogen and oxygen atoms in total. The predicted molar refractivity (Wildman–Crippen MR) is 56.6 cm³/mol. The van der Waals surface area contributed by atoms with Gasteiger partial charge in [0, 0.05) is 10.5 Å². The molecule has 4 heteroatoms. The van der Waals surface area contributed by atoms with E-state index in [1.165, 1.54) is 0 Å². The minimum Gasteiger partial charge on any atom is -0.481 e. The first-order valence-electron chi connectivity index (χ1n) is 3.86. The van der Waals surface area contributed by atoms with Crippen LogP contribution in [0.15, 0.2) is 0 Å². The maximum absolute atomic E-state index is 10.4. The molecule has 72 valence electrons. The third-order valence-electron chi connectivity index (χ3n) is 1.05. The highest BCUT2D eigenvalue weighted by molar-refractivity contribution is 8.77. The van der Waals surface area contributed by atoms with Crippen molar-refractivity contribution in [1.82, 2.24) is 0 Å². The van der Waals surface area contributed by atoms with Crippen LogP contribution in [0.3, 0.4) is 0 Å². The molecule has 0 aromatic carbocycles. The Hall–Kier alpha value is 0.170. The largest absolute Gasteiger partial charge is 0.481 e. The quantitative estimate of drug-likeness (QED) is 0.721. The Balaban J connectivity index is 3.51. The molecule has 0 aromatic rings. The average Bonchev–Trinajstić information content (AvgIpc) is 1.84. The maximum atomic E-state index is 10.4. The van der Waals surface area contributed by atoms with Gasteiger partial charge in [-0.1, -0.05) is 49.3 Å². The highest BCUT2D eigenvalue weighted by Gasteiger charge is 2.15. The fourth-order valence-electron chi connectivity index (χ4n) is 0.384. The number of carboxylic acid groups (broad SMARTS) is 1. The highest BCUT2D eigenvalue weighted by Crippen LogP contribution is 2.35. The number of rotatable bonds is 4. The van der Waals surface area contributed by atoms with Crippen molar-refractivity contribution in [3.05, 3.63) is 0 Å². The SMILES string of the molecule is C[C@@H](CSSC(C)(C)C)C(=O)O. The van der Waals surface area contributed by atoms with E-state index in [1.807, 2.05) is 0 Å². The Bertz CT molecular complexity index is 152. The lowest BCUT2D eigenvalue weighted by atomic mass is 10.2. The zero-order valence-electron chi connectivity index (χ0n) is 7.96. The summed E-state index contributed by atoms with van der Waals surface area (Å²) in [6.07, 6.45) is 0. The fraction of sp³-hybridized carbons (Fsp3) is 0.875. The van der Waals surface area contributed by atoms with Crippen molar-refractivity contribution < 1.29 is 9.90 Å². The Morgan fingerprint density at radius 3 is 2.33 bits per heavy atom. The van der Waals surface area contributed by atoms with Crippen molar-refractivity contribution >= 4 is 27.6 Å². The second-order valence-electron chi connectivity index (χ2n) is 3.72. The molecule has 1 N–H and O–H groups in total. The monoisotopic (exact) mass is 208 g/mol. The predicted octanol–water partition coefficient (Wildman–Crippen LogP) is 2.89. The van der Waals surface area contributed by atoms with Gasteiger partial charge in [-0.25, -0.2) is 0 Å². The minimum atomic E-state index is -0.711. The Morgan fingerprint density at radius 2 is 2.00 bits per heavy atom. The molecule has 0 aliphatic heterocycles. The van der Waals surface area contributed by atoms with Gasteiger partial charge in [0.05, 0.1) is 5.92 Å². The number of carboxylic acids is 1. The molecule has 0 amide bonds. The Kier molecular flexibility index (Phi) is 5.09. The molecule has 0 unspecified atom stereocenters. The summed E-state index contributed by atoms with van der Waals surface area (Å²) in [7, 11) is 3.37. The van der Waals surface area contributed by atoms with Crippen LogP contribution in [0.1, 0.15) is 27.7 Å². The van der Waals surface area contributed by atoms with Gasteiger partial charge in [-0.15, -0.1) is 0 Å². The van der Waals surface area contributed by atoms with Gasteiger partial charge in [-0.3, -0.25) is 4.79 Å². The lowest BCUT2D eigenvalue weighted by Crippen LogP contribution is -2.12. The third-order valence-corrected chi connectivity index (χ3v) is 4.56. The van der Waals surface area contributed by atoms with Crippen molar-refractivity contribution in [3.63, 3.8) is 0 Å². The molecule has 0 rings (SSSR count). The lowest BCUT2D eigenvalue weighted by molar-refractivity contribution is -0.140. The summed E-state index contributed by atoms with van der Waals surface area (Å²) >= 11 is 0. The zero-order valence-corrected chi connectivity index (χ0v) is 9.59. The van der Waals surface area contributed by atoms with Crippen LogP contribution in [-0.2, 0) is 4.79 Å². The van der Waals surface area contributed by atoms with E-state index in [1.54, 1.807) is 28.5 Å². The lowest BCUT2D eigenvalue weighted by Gasteiger charge is -2.16. The van der Waals surface area contributed by atoms with Crippen LogP contribution < -0.4 is 0 Å². The van der Waals surface area contributed by atoms with Crippen LogP contribution >= 0.6 is 21.6 Å². The summed E-state index contributed by atoms with van der Waals surface area (Å²) < 4.78 is 0.211. The van der Waals surface area contributed by atoms with Gasteiger partial charge < -0.3 is 5.11 Å². The maximum Gasteiger partial charge on any atom is 0.307 e. The summed E-state index contributed by atoms with van der Waals surface area (Å²) in [5.41, 5.74) is 0. The molecule has 12 heavy (non-hydrogen) atoms. The Labute approximate surface area is 81.9 Å². The molecule has 0 heterocycles. The Morgan fingerprint density at radius 1 is 1.50 bits per heavy atom. The summed E-state index contributed by atoms with van der Waals surface area (Å²) in [5, 5.41) is 8.59. The number of carbonyl (C=O) groups is 1. The minimum absolute atomic E-state index is 0.211. The summed E-state index contributed by atoms with van der Waals surface area (Å²) in [6.45, 7) is 8.10. The molecule has 0 aromatic heterocycles. The van der Waals surface area contributed by atoms with Crippen molar-refractivity contribution in [2.24, 2.45) is 5.92 Å². The van der Waals surface area contributed by atoms with Gasteiger partial charge in [-0.2, -0.15) is 0 Å². The van der Waals surface area contributed by atoms with E-state index >= 15 is 0 Å². The third kappa shape index (κ3) is 6.85. The number of aliphatic carboxylic acids is 1. The first-order chi connectivity index (χ1) is 5.33. The van der Waals surface area contributed by atoms with Crippen molar-refractivity contribution in [2.75, 3.05) is 5.75 Å². The summed E-state index contributed by atoms with van der Waals surface area (Å²) in [5.74, 6) is -0.279. The summed E-state index contributed by atoms with van der Waals surface area (Å²) in [4.78, 5) is 10.4. The van der Waals surface area contributed by atoms with E-state index < -0.39 is 5.97 Å². The number of hydrogen-bond donors (Lipinski definition) is 1. The van der Waals surface area contributed by atoms with E-state index in [0.717, 1.165) is 0 Å². The van der Waals surface area contributed by atoms with Crippen LogP contribution in [0.5, 0.6) is 0 Å². The normalized spacial score (nSPS) is 14.3. The molecule has 0 saturated heterocycles. The smallest absolute Gasteiger partial charge is 0.307 e. The standard InChI is InChI=1S/C8H16O2S2/c1-6(7(9)10)5-11-12-8(2,3)4/h6H,5H2,1-4H3,(H,9,10)/t6-/m0/s1. The molecule has 0 radical (unpaired) electrons. The first kappa shape index (κ1) is 12.2. The van der Waals surface area contributed by atoms with Gasteiger partial charge in [-0.05, 0) is 0 Å². The van der Waals surface area contributed by atoms with Crippen LogP contribution in [-0.4, -0.2) is 21.6 Å². The van der Waals surface area contributed by atoms with Crippen LogP contribution in [0.4, 0.5) is 0 Å². The van der Waals surface area contributed by atoms with E-state index in [4.69, 9.17) is 5.11 Å². The van der Waals surface area contributed by atoms with Crippen molar-refractivity contribution in [2.45, 2.75) is 32.4 Å². The molecule has 1 atom stereocenters. The number of hydrogen-bond acceptors (Lipinski definition) is 3. The molecule has 0 aliphatic rings. The molecule has 0 saturated carbocycles. The molecule has 0 aliphatic carbocycles. The fourth-order valence-corrected chi connectivity index (χ4v) is 3.03. The van der Waals surface area contributed by atoms with Gasteiger partial charge in [0.25, 0.3) is 0 Å². The van der Waals surface area contributed by atoms with E-state index in [2.05, 4.69) is 20.8 Å². The van der Waals surface area contributed by atoms with Crippen LogP contribution in [0.25, 0.3) is 0 Å². The second kappa shape index (κ2) is 5.02. The molecular weight excluding hydrogens is 192 g/mol. The zero-order chi connectivity index (χ0) is 9.78. The molecule has 0 bridgehead atoms. The van der Waals surface area contributed by atoms with Crippen LogP contribution in [0, 0.1) is 5.92 Å². The van der Waals surface area contributed by atoms with Gasteiger partial charge >= 0.3 is 5.97 Å². The van der Waals surface area contributed by atoms with Gasteiger partial charge in [0.15, 0.2) is 0 Å².